The molecule has 1 aliphatic carbocycles. The van der Waals surface area contributed by atoms with Crippen molar-refractivity contribution >= 4 is 44.4 Å². The van der Waals surface area contributed by atoms with Gasteiger partial charge in [-0.25, -0.2) is 9.97 Å². The van der Waals surface area contributed by atoms with E-state index in [-0.39, 0.29) is 34.5 Å². The molecule has 1 aliphatic heterocycles. The highest BCUT2D eigenvalue weighted by Crippen LogP contribution is 2.32. The summed E-state index contributed by atoms with van der Waals surface area (Å²) in [6.07, 6.45) is 11.0. The van der Waals surface area contributed by atoms with E-state index in [1.54, 1.807) is 42.0 Å². The van der Waals surface area contributed by atoms with E-state index in [2.05, 4.69) is 20.2 Å². The van der Waals surface area contributed by atoms with Crippen LogP contribution in [0.15, 0.2) is 58.5 Å². The summed E-state index contributed by atoms with van der Waals surface area (Å²) in [5, 5.41) is 3.90. The van der Waals surface area contributed by atoms with E-state index in [1.165, 1.54) is 6.92 Å². The van der Waals surface area contributed by atoms with Crippen molar-refractivity contribution in [1.82, 2.24) is 19.5 Å². The normalized spacial score (nSPS) is 16.2. The van der Waals surface area contributed by atoms with Crippen LogP contribution in [0.25, 0.3) is 11.0 Å². The number of anilines is 3. The molecule has 0 amide bonds. The summed E-state index contributed by atoms with van der Waals surface area (Å²) in [7, 11) is -3.72. The number of fused-ring (bicyclic) bond motifs is 1. The largest absolute Gasteiger partial charge is 0.370 e. The first-order valence-electron chi connectivity index (χ1n) is 16.5. The number of rotatable bonds is 11. The number of nitrogens with zero attached hydrogens (tertiary/aromatic N) is 5. The number of carbonyl (C=O) groups excluding carboxylic acids is 1. The lowest BCUT2D eigenvalue weighted by atomic mass is 9.92. The molecule has 11 nitrogen and oxygen atoms in total. The Morgan fingerprint density at radius 1 is 0.979 bits per heavy atom. The Morgan fingerprint density at radius 3 is 2.36 bits per heavy atom. The molecule has 4 heterocycles. The molecule has 4 aromatic rings. The highest BCUT2D eigenvalue weighted by Gasteiger charge is 2.26. The van der Waals surface area contributed by atoms with Gasteiger partial charge >= 0.3 is 0 Å². The Balaban J connectivity index is 1.05. The molecule has 0 bridgehead atoms. The standard InChI is InChI=1S/C35H42N6O5S/c1-23-10-13-29(14-11-23)47(44,45)46-20-6-7-26-16-18-40(19-17-26)28-12-15-31(36-21-28)38-35-37-22-30-24(2)32(25(3)42)34(43)41(33(30)39-35)27-8-4-5-9-27/h10-15,21-22,26-27H,4-9,16-20H2,1-3H3,(H,36,37,38,39). The van der Waals surface area contributed by atoms with Crippen LogP contribution in [0.2, 0.25) is 0 Å². The molecule has 12 heteroatoms. The van der Waals surface area contributed by atoms with Gasteiger partial charge in [0.05, 0.1) is 29.0 Å². The fourth-order valence-electron chi connectivity index (χ4n) is 6.86. The minimum absolute atomic E-state index is 0.0153. The molecule has 248 valence electrons. The second kappa shape index (κ2) is 13.9. The zero-order valence-electron chi connectivity index (χ0n) is 27.2. The average Bonchev–Trinajstić information content (AvgIpc) is 3.58. The number of carbonyl (C=O) groups is 1. The van der Waals surface area contributed by atoms with Crippen LogP contribution in [0.4, 0.5) is 17.5 Å². The van der Waals surface area contributed by atoms with E-state index < -0.39 is 10.1 Å². The first kappa shape index (κ1) is 32.8. The van der Waals surface area contributed by atoms with Gasteiger partial charge in [-0.15, -0.1) is 0 Å². The summed E-state index contributed by atoms with van der Waals surface area (Å²) in [6.45, 7) is 7.12. The third-order valence-corrected chi connectivity index (χ3v) is 10.8. The molecular formula is C35H42N6O5S. The number of pyridine rings is 2. The van der Waals surface area contributed by atoms with Crippen molar-refractivity contribution in [2.75, 3.05) is 29.9 Å². The third kappa shape index (κ3) is 7.23. The fraction of sp³-hybridized carbons (Fsp3) is 0.457. The Hall–Kier alpha value is -4.16. The number of benzene rings is 1. The zero-order chi connectivity index (χ0) is 33.1. The second-order valence-electron chi connectivity index (χ2n) is 12.8. The monoisotopic (exact) mass is 658 g/mol. The number of Topliss-reactive ketones (excluding diaryl/α,β-unsaturated/α-hetero) is 1. The molecule has 1 saturated heterocycles. The number of nitrogens with one attached hydrogen (secondary N) is 1. The molecule has 1 N–H and O–H groups in total. The van der Waals surface area contributed by atoms with Crippen LogP contribution >= 0.6 is 0 Å². The Morgan fingerprint density at radius 2 is 1.70 bits per heavy atom. The van der Waals surface area contributed by atoms with E-state index in [0.29, 0.717) is 40.7 Å². The lowest BCUT2D eigenvalue weighted by molar-refractivity contribution is 0.101. The summed E-state index contributed by atoms with van der Waals surface area (Å²) >= 11 is 0. The van der Waals surface area contributed by atoms with Gasteiger partial charge in [0.2, 0.25) is 5.95 Å². The molecule has 2 fully saturated rings. The SMILES string of the molecule is CC(=O)c1c(C)c2cnc(Nc3ccc(N4CCC(CCCOS(=O)(=O)c5ccc(C)cc5)CC4)cn3)nc2n(C2CCCC2)c1=O. The van der Waals surface area contributed by atoms with Crippen molar-refractivity contribution < 1.29 is 17.4 Å². The number of ketones is 1. The maximum atomic E-state index is 13.5. The predicted octanol–water partition coefficient (Wildman–Crippen LogP) is 6.27. The molecule has 1 aromatic carbocycles. The van der Waals surface area contributed by atoms with E-state index in [9.17, 15) is 18.0 Å². The minimum Gasteiger partial charge on any atom is -0.370 e. The Kier molecular flexibility index (Phi) is 9.70. The molecule has 47 heavy (non-hydrogen) atoms. The molecule has 3 aromatic heterocycles. The first-order chi connectivity index (χ1) is 22.6. The van der Waals surface area contributed by atoms with Crippen LogP contribution < -0.4 is 15.8 Å². The van der Waals surface area contributed by atoms with Crippen LogP contribution in [-0.2, 0) is 14.3 Å². The smallest absolute Gasteiger partial charge is 0.296 e. The molecule has 0 spiro atoms. The number of aromatic nitrogens is 4. The maximum Gasteiger partial charge on any atom is 0.296 e. The van der Waals surface area contributed by atoms with Gasteiger partial charge in [0, 0.05) is 30.7 Å². The lowest BCUT2D eigenvalue weighted by Gasteiger charge is -2.33. The highest BCUT2D eigenvalue weighted by atomic mass is 32.2. The van der Waals surface area contributed by atoms with Crippen molar-refractivity contribution in [2.45, 2.75) is 83.1 Å². The summed E-state index contributed by atoms with van der Waals surface area (Å²) in [5.41, 5.74) is 3.13. The summed E-state index contributed by atoms with van der Waals surface area (Å²) in [4.78, 5) is 42.3. The van der Waals surface area contributed by atoms with Crippen LogP contribution in [0, 0.1) is 19.8 Å². The van der Waals surface area contributed by atoms with Gasteiger partial charge in [0.25, 0.3) is 15.7 Å². The van der Waals surface area contributed by atoms with Crippen molar-refractivity contribution in [3.05, 3.63) is 75.8 Å². The van der Waals surface area contributed by atoms with E-state index in [0.717, 1.165) is 69.3 Å². The van der Waals surface area contributed by atoms with Gasteiger partial charge in [-0.05, 0) is 95.0 Å². The predicted molar refractivity (Wildman–Crippen MR) is 182 cm³/mol. The van der Waals surface area contributed by atoms with Gasteiger partial charge in [-0.2, -0.15) is 13.4 Å². The number of hydrogen-bond donors (Lipinski definition) is 1. The molecule has 0 atom stereocenters. The van der Waals surface area contributed by atoms with Gasteiger partial charge in [0.1, 0.15) is 11.5 Å². The molecule has 0 radical (unpaired) electrons. The molecule has 0 unspecified atom stereocenters. The van der Waals surface area contributed by atoms with Crippen LogP contribution in [0.5, 0.6) is 0 Å². The van der Waals surface area contributed by atoms with E-state index in [4.69, 9.17) is 9.17 Å². The van der Waals surface area contributed by atoms with Gasteiger partial charge in [-0.3, -0.25) is 18.3 Å². The number of piperidine rings is 1. The van der Waals surface area contributed by atoms with Crippen molar-refractivity contribution in [3.63, 3.8) is 0 Å². The summed E-state index contributed by atoms with van der Waals surface area (Å²) < 4.78 is 31.8. The Labute approximate surface area is 275 Å². The topological polar surface area (TPSA) is 136 Å². The number of aryl methyl sites for hydroxylation is 2. The van der Waals surface area contributed by atoms with Crippen molar-refractivity contribution in [2.24, 2.45) is 5.92 Å². The molecular weight excluding hydrogens is 616 g/mol. The quantitative estimate of drug-likeness (QED) is 0.112. The van der Waals surface area contributed by atoms with Gasteiger partial charge in [0.15, 0.2) is 5.78 Å². The fourth-order valence-corrected chi connectivity index (χ4v) is 7.81. The van der Waals surface area contributed by atoms with E-state index in [1.807, 2.05) is 25.3 Å². The van der Waals surface area contributed by atoms with Crippen molar-refractivity contribution in [1.29, 1.82) is 0 Å². The molecule has 6 rings (SSSR count). The highest BCUT2D eigenvalue weighted by molar-refractivity contribution is 7.86. The maximum absolute atomic E-state index is 13.5. The zero-order valence-corrected chi connectivity index (χ0v) is 28.1. The van der Waals surface area contributed by atoms with E-state index >= 15 is 0 Å². The average molecular weight is 659 g/mol. The van der Waals surface area contributed by atoms with Gasteiger partial charge in [-0.1, -0.05) is 30.5 Å². The van der Waals surface area contributed by atoms with Crippen LogP contribution in [-0.4, -0.2) is 53.4 Å². The van der Waals surface area contributed by atoms with Crippen LogP contribution in [0.3, 0.4) is 0 Å². The van der Waals surface area contributed by atoms with Crippen molar-refractivity contribution in [3.8, 4) is 0 Å². The molecule has 1 saturated carbocycles. The lowest BCUT2D eigenvalue weighted by Crippen LogP contribution is -2.33. The summed E-state index contributed by atoms with van der Waals surface area (Å²) in [6, 6.07) is 10.6. The summed E-state index contributed by atoms with van der Waals surface area (Å²) in [5.74, 6) is 1.21. The van der Waals surface area contributed by atoms with Gasteiger partial charge < -0.3 is 10.2 Å². The third-order valence-electron chi connectivity index (χ3n) is 9.52. The minimum atomic E-state index is -3.72. The van der Waals surface area contributed by atoms with Crippen LogP contribution in [0.1, 0.15) is 85.8 Å². The Bertz CT molecular complexity index is 1910. The first-order valence-corrected chi connectivity index (χ1v) is 17.9. The number of hydrogen-bond acceptors (Lipinski definition) is 10. The molecule has 2 aliphatic rings. The second-order valence-corrected chi connectivity index (χ2v) is 14.4.